The van der Waals surface area contributed by atoms with E-state index in [9.17, 15) is 9.59 Å². The molecule has 2 aliphatic carbocycles. The molecule has 2 saturated carbocycles. The number of likely N-dealkylation sites (tertiary alicyclic amines) is 1. The van der Waals surface area contributed by atoms with Crippen LogP contribution in [-0.4, -0.2) is 40.5 Å². The van der Waals surface area contributed by atoms with Crippen molar-refractivity contribution >= 4 is 11.8 Å². The third-order valence-electron chi connectivity index (χ3n) is 6.59. The summed E-state index contributed by atoms with van der Waals surface area (Å²) in [6.45, 7) is 4.94. The molecule has 2 amide bonds. The smallest absolute Gasteiger partial charge is 0.273 e. The number of hydrogen-bond acceptors (Lipinski definition) is 4. The van der Waals surface area contributed by atoms with Crippen LogP contribution >= 0.6 is 0 Å². The van der Waals surface area contributed by atoms with E-state index >= 15 is 0 Å². The van der Waals surface area contributed by atoms with Crippen molar-refractivity contribution in [3.05, 3.63) is 17.5 Å². The Labute approximate surface area is 161 Å². The molecule has 0 bridgehead atoms. The average Bonchev–Trinajstić information content (AvgIpc) is 3.41. The van der Waals surface area contributed by atoms with Gasteiger partial charge in [-0.1, -0.05) is 31.3 Å². The second-order valence-corrected chi connectivity index (χ2v) is 8.86. The molecule has 148 valence electrons. The van der Waals surface area contributed by atoms with Gasteiger partial charge >= 0.3 is 0 Å². The van der Waals surface area contributed by atoms with E-state index in [0.717, 1.165) is 37.9 Å². The van der Waals surface area contributed by atoms with Crippen molar-refractivity contribution < 1.29 is 14.1 Å². The SMILES string of the molecule is CC1CN(C(=O)C2CCCCC2)C(C)CC1NC(=O)c1cc(C2CC2)on1. The van der Waals surface area contributed by atoms with Crippen LogP contribution in [0.5, 0.6) is 0 Å². The molecule has 1 aromatic rings. The minimum absolute atomic E-state index is 0.0592. The van der Waals surface area contributed by atoms with E-state index < -0.39 is 0 Å². The number of amides is 2. The van der Waals surface area contributed by atoms with E-state index in [-0.39, 0.29) is 29.8 Å². The van der Waals surface area contributed by atoms with E-state index in [0.29, 0.717) is 24.1 Å². The third kappa shape index (κ3) is 4.04. The van der Waals surface area contributed by atoms with E-state index in [2.05, 4.69) is 29.2 Å². The molecule has 1 N–H and O–H groups in total. The lowest BCUT2D eigenvalue weighted by Crippen LogP contribution is -2.56. The Morgan fingerprint density at radius 2 is 1.89 bits per heavy atom. The molecule has 0 radical (unpaired) electrons. The lowest BCUT2D eigenvalue weighted by Gasteiger charge is -2.43. The Hall–Kier alpha value is -1.85. The first kappa shape index (κ1) is 18.5. The lowest BCUT2D eigenvalue weighted by molar-refractivity contribution is -0.141. The van der Waals surface area contributed by atoms with Gasteiger partial charge in [0.2, 0.25) is 5.91 Å². The fraction of sp³-hybridized carbons (Fsp3) is 0.762. The molecule has 1 aromatic heterocycles. The zero-order valence-electron chi connectivity index (χ0n) is 16.4. The van der Waals surface area contributed by atoms with Gasteiger partial charge in [0, 0.05) is 36.5 Å². The van der Waals surface area contributed by atoms with Gasteiger partial charge in [0.25, 0.3) is 5.91 Å². The summed E-state index contributed by atoms with van der Waals surface area (Å²) in [6, 6.07) is 1.99. The molecular formula is C21H31N3O3. The highest BCUT2D eigenvalue weighted by atomic mass is 16.5. The van der Waals surface area contributed by atoms with E-state index in [1.807, 2.05) is 0 Å². The van der Waals surface area contributed by atoms with Crippen LogP contribution in [0, 0.1) is 11.8 Å². The van der Waals surface area contributed by atoms with Crippen molar-refractivity contribution in [2.75, 3.05) is 6.54 Å². The summed E-state index contributed by atoms with van der Waals surface area (Å²) in [5.41, 5.74) is 0.373. The van der Waals surface area contributed by atoms with Crippen LogP contribution in [0.1, 0.15) is 87.4 Å². The number of carbonyl (C=O) groups excluding carboxylic acids is 2. The van der Waals surface area contributed by atoms with Crippen molar-refractivity contribution in [1.82, 2.24) is 15.4 Å². The van der Waals surface area contributed by atoms with E-state index in [4.69, 9.17) is 4.52 Å². The molecule has 2 heterocycles. The van der Waals surface area contributed by atoms with Gasteiger partial charge in [0.1, 0.15) is 5.76 Å². The Morgan fingerprint density at radius 3 is 2.59 bits per heavy atom. The van der Waals surface area contributed by atoms with Crippen LogP contribution in [-0.2, 0) is 4.79 Å². The molecule has 3 aliphatic rings. The molecule has 3 fully saturated rings. The Morgan fingerprint density at radius 1 is 1.15 bits per heavy atom. The molecule has 0 aromatic carbocycles. The number of nitrogens with one attached hydrogen (secondary N) is 1. The molecule has 0 spiro atoms. The van der Waals surface area contributed by atoms with E-state index in [1.165, 1.54) is 19.3 Å². The van der Waals surface area contributed by atoms with Gasteiger partial charge in [-0.25, -0.2) is 0 Å². The highest BCUT2D eigenvalue weighted by Gasteiger charge is 2.37. The van der Waals surface area contributed by atoms with Gasteiger partial charge < -0.3 is 14.7 Å². The lowest BCUT2D eigenvalue weighted by atomic mass is 9.84. The molecule has 3 unspecified atom stereocenters. The minimum atomic E-state index is -0.165. The molecular weight excluding hydrogens is 342 g/mol. The summed E-state index contributed by atoms with van der Waals surface area (Å²) >= 11 is 0. The zero-order chi connectivity index (χ0) is 19.0. The van der Waals surface area contributed by atoms with Crippen LogP contribution in [0.15, 0.2) is 10.6 Å². The van der Waals surface area contributed by atoms with Crippen LogP contribution in [0.3, 0.4) is 0 Å². The minimum Gasteiger partial charge on any atom is -0.360 e. The van der Waals surface area contributed by atoms with Crippen LogP contribution in [0.25, 0.3) is 0 Å². The van der Waals surface area contributed by atoms with E-state index in [1.54, 1.807) is 6.07 Å². The second-order valence-electron chi connectivity index (χ2n) is 8.86. The van der Waals surface area contributed by atoms with Crippen molar-refractivity contribution in [3.8, 4) is 0 Å². The van der Waals surface area contributed by atoms with Crippen molar-refractivity contribution in [3.63, 3.8) is 0 Å². The molecule has 1 saturated heterocycles. The third-order valence-corrected chi connectivity index (χ3v) is 6.59. The van der Waals surface area contributed by atoms with Crippen LogP contribution in [0.2, 0.25) is 0 Å². The maximum absolute atomic E-state index is 12.9. The van der Waals surface area contributed by atoms with Gasteiger partial charge in [-0.05, 0) is 44.9 Å². The number of nitrogens with zero attached hydrogens (tertiary/aromatic N) is 2. The summed E-state index contributed by atoms with van der Waals surface area (Å²) in [6.07, 6.45) is 8.71. The Kier molecular flexibility index (Phi) is 5.24. The number of aromatic nitrogens is 1. The first-order valence-corrected chi connectivity index (χ1v) is 10.6. The second kappa shape index (κ2) is 7.64. The number of piperidine rings is 1. The summed E-state index contributed by atoms with van der Waals surface area (Å²) in [5, 5.41) is 7.07. The largest absolute Gasteiger partial charge is 0.360 e. The predicted octanol–water partition coefficient (Wildman–Crippen LogP) is 3.49. The van der Waals surface area contributed by atoms with Crippen LogP contribution in [0.4, 0.5) is 0 Å². The Balaban J connectivity index is 1.35. The van der Waals surface area contributed by atoms with Crippen molar-refractivity contribution in [2.24, 2.45) is 11.8 Å². The zero-order valence-corrected chi connectivity index (χ0v) is 16.4. The molecule has 3 atom stereocenters. The predicted molar refractivity (Wildman–Crippen MR) is 101 cm³/mol. The fourth-order valence-electron chi connectivity index (χ4n) is 4.64. The Bertz CT molecular complexity index is 691. The summed E-state index contributed by atoms with van der Waals surface area (Å²) in [7, 11) is 0. The van der Waals surface area contributed by atoms with Gasteiger partial charge in [0.15, 0.2) is 5.69 Å². The van der Waals surface area contributed by atoms with Crippen molar-refractivity contribution in [2.45, 2.75) is 83.2 Å². The molecule has 6 heteroatoms. The van der Waals surface area contributed by atoms with Gasteiger partial charge in [0.05, 0.1) is 0 Å². The van der Waals surface area contributed by atoms with Gasteiger partial charge in [-0.3, -0.25) is 9.59 Å². The maximum Gasteiger partial charge on any atom is 0.273 e. The molecule has 4 rings (SSSR count). The summed E-state index contributed by atoms with van der Waals surface area (Å²) in [4.78, 5) is 27.6. The summed E-state index contributed by atoms with van der Waals surface area (Å²) < 4.78 is 5.30. The number of carbonyl (C=O) groups is 2. The maximum atomic E-state index is 12.9. The monoisotopic (exact) mass is 373 g/mol. The fourth-order valence-corrected chi connectivity index (χ4v) is 4.64. The number of rotatable bonds is 4. The standard InChI is InChI=1S/C21H31N3O3/c1-13-12-24(21(26)16-6-4-3-5-7-16)14(2)10-17(13)22-20(25)18-11-19(27-23-18)15-8-9-15/h11,13-17H,3-10,12H2,1-2H3,(H,22,25). The molecule has 6 nitrogen and oxygen atoms in total. The number of hydrogen-bond donors (Lipinski definition) is 1. The normalized spacial score (nSPS) is 29.6. The van der Waals surface area contributed by atoms with Gasteiger partial charge in [-0.15, -0.1) is 0 Å². The summed E-state index contributed by atoms with van der Waals surface area (Å²) in [5.74, 6) is 1.87. The van der Waals surface area contributed by atoms with Gasteiger partial charge in [-0.2, -0.15) is 0 Å². The first-order chi connectivity index (χ1) is 13.0. The highest BCUT2D eigenvalue weighted by Crippen LogP contribution is 2.40. The van der Waals surface area contributed by atoms with Crippen LogP contribution < -0.4 is 5.32 Å². The van der Waals surface area contributed by atoms with Crippen molar-refractivity contribution in [1.29, 1.82) is 0 Å². The molecule has 27 heavy (non-hydrogen) atoms. The quantitative estimate of drug-likeness (QED) is 0.877. The molecule has 1 aliphatic heterocycles. The first-order valence-electron chi connectivity index (χ1n) is 10.6. The highest BCUT2D eigenvalue weighted by molar-refractivity contribution is 5.92. The average molecular weight is 373 g/mol. The topological polar surface area (TPSA) is 75.4 Å².